The molecule has 21 heavy (non-hydrogen) atoms. The van der Waals surface area contributed by atoms with Crippen LogP contribution < -0.4 is 5.32 Å². The first kappa shape index (κ1) is 15.2. The van der Waals surface area contributed by atoms with E-state index in [4.69, 9.17) is 4.42 Å². The summed E-state index contributed by atoms with van der Waals surface area (Å²) in [5, 5.41) is 2.65. The first-order valence-electron chi connectivity index (χ1n) is 6.40. The molecule has 1 aromatic carbocycles. The third-order valence-corrected chi connectivity index (χ3v) is 3.08. The van der Waals surface area contributed by atoms with E-state index in [1.165, 1.54) is 23.5 Å². The Morgan fingerprint density at radius 1 is 1.29 bits per heavy atom. The largest absolute Gasteiger partial charge is 0.472 e. The zero-order valence-corrected chi connectivity index (χ0v) is 11.8. The van der Waals surface area contributed by atoms with Gasteiger partial charge in [0, 0.05) is 12.1 Å². The summed E-state index contributed by atoms with van der Waals surface area (Å²) >= 11 is 0. The van der Waals surface area contributed by atoms with E-state index in [0.29, 0.717) is 0 Å². The van der Waals surface area contributed by atoms with Crippen molar-refractivity contribution in [2.24, 2.45) is 0 Å². The van der Waals surface area contributed by atoms with Gasteiger partial charge in [-0.15, -0.1) is 0 Å². The third kappa shape index (κ3) is 3.46. The van der Waals surface area contributed by atoms with Crippen molar-refractivity contribution < 1.29 is 18.0 Å². The van der Waals surface area contributed by atoms with Crippen molar-refractivity contribution in [3.05, 3.63) is 59.6 Å². The number of nitrogens with zero attached hydrogens (tertiary/aromatic N) is 1. The van der Waals surface area contributed by atoms with Gasteiger partial charge < -0.3 is 9.73 Å². The van der Waals surface area contributed by atoms with Gasteiger partial charge in [-0.2, -0.15) is 0 Å². The molecule has 112 valence electrons. The van der Waals surface area contributed by atoms with Crippen molar-refractivity contribution in [2.75, 3.05) is 14.1 Å². The molecule has 0 aliphatic heterocycles. The molecule has 0 aliphatic carbocycles. The van der Waals surface area contributed by atoms with Crippen LogP contribution >= 0.6 is 0 Å². The van der Waals surface area contributed by atoms with E-state index in [0.717, 1.165) is 17.7 Å². The Kier molecular flexibility index (Phi) is 4.70. The highest BCUT2D eigenvalue weighted by Crippen LogP contribution is 2.24. The Balaban J connectivity index is 2.20. The van der Waals surface area contributed by atoms with Crippen LogP contribution in [0.4, 0.5) is 8.78 Å². The van der Waals surface area contributed by atoms with Gasteiger partial charge in [0.2, 0.25) is 5.91 Å². The molecule has 0 radical (unpaired) electrons. The number of likely N-dealkylation sites (N-methyl/N-ethyl adjacent to an activating group) is 1. The van der Waals surface area contributed by atoms with Crippen molar-refractivity contribution in [3.8, 4) is 0 Å². The Bertz CT molecular complexity index is 592. The lowest BCUT2D eigenvalue weighted by molar-refractivity contribution is -0.126. The molecule has 0 saturated heterocycles. The highest BCUT2D eigenvalue weighted by atomic mass is 19.1. The van der Waals surface area contributed by atoms with Crippen LogP contribution in [-0.4, -0.2) is 24.9 Å². The monoisotopic (exact) mass is 294 g/mol. The molecule has 1 amide bonds. The lowest BCUT2D eigenvalue weighted by Gasteiger charge is -2.24. The van der Waals surface area contributed by atoms with Gasteiger partial charge in [0.05, 0.1) is 18.1 Å². The summed E-state index contributed by atoms with van der Waals surface area (Å²) in [6, 6.07) is 4.20. The summed E-state index contributed by atoms with van der Waals surface area (Å²) < 4.78 is 32.6. The highest BCUT2D eigenvalue weighted by Gasteiger charge is 2.28. The van der Waals surface area contributed by atoms with Crippen LogP contribution in [0.1, 0.15) is 17.2 Å². The minimum atomic E-state index is -1.04. The number of hydrogen-bond donors (Lipinski definition) is 1. The summed E-state index contributed by atoms with van der Waals surface area (Å²) in [5.41, 5.74) is 0.516. The quantitative estimate of drug-likeness (QED) is 0.921. The van der Waals surface area contributed by atoms with E-state index in [9.17, 15) is 13.6 Å². The maximum atomic E-state index is 13.9. The van der Waals surface area contributed by atoms with Crippen LogP contribution in [0.3, 0.4) is 0 Å². The van der Waals surface area contributed by atoms with Gasteiger partial charge in [-0.25, -0.2) is 8.78 Å². The average molecular weight is 294 g/mol. The number of amides is 1. The number of hydrogen-bond acceptors (Lipinski definition) is 3. The van der Waals surface area contributed by atoms with Gasteiger partial charge in [-0.3, -0.25) is 9.69 Å². The number of rotatable bonds is 5. The van der Waals surface area contributed by atoms with E-state index < -0.39 is 23.6 Å². The maximum Gasteiger partial charge on any atom is 0.242 e. The number of nitrogens with one attached hydrogen (secondary N) is 1. The Labute approximate surface area is 121 Å². The van der Waals surface area contributed by atoms with Crippen molar-refractivity contribution in [1.29, 1.82) is 0 Å². The minimum absolute atomic E-state index is 0.232. The molecular weight excluding hydrogens is 278 g/mol. The molecule has 0 bridgehead atoms. The fourth-order valence-corrected chi connectivity index (χ4v) is 2.07. The lowest BCUT2D eigenvalue weighted by atomic mass is 10.0. The van der Waals surface area contributed by atoms with Crippen molar-refractivity contribution in [3.63, 3.8) is 0 Å². The predicted molar refractivity (Wildman–Crippen MR) is 73.3 cm³/mol. The summed E-state index contributed by atoms with van der Waals surface area (Å²) in [4.78, 5) is 13.7. The van der Waals surface area contributed by atoms with Crippen LogP contribution in [0.15, 0.2) is 41.2 Å². The van der Waals surface area contributed by atoms with E-state index in [-0.39, 0.29) is 12.1 Å². The van der Waals surface area contributed by atoms with Crippen LogP contribution in [0, 0.1) is 11.6 Å². The summed E-state index contributed by atoms with van der Waals surface area (Å²) in [5.74, 6) is -1.97. The number of carbonyl (C=O) groups is 1. The first-order valence-corrected chi connectivity index (χ1v) is 6.40. The summed E-state index contributed by atoms with van der Waals surface area (Å²) in [6.07, 6.45) is 2.98. The van der Waals surface area contributed by atoms with Gasteiger partial charge >= 0.3 is 0 Å². The molecule has 1 heterocycles. The summed E-state index contributed by atoms with van der Waals surface area (Å²) in [6.45, 7) is 0.232. The van der Waals surface area contributed by atoms with E-state index in [2.05, 4.69) is 5.32 Å². The van der Waals surface area contributed by atoms with Gasteiger partial charge in [-0.1, -0.05) is 6.07 Å². The topological polar surface area (TPSA) is 45.5 Å². The van der Waals surface area contributed by atoms with E-state index >= 15 is 0 Å². The zero-order valence-electron chi connectivity index (χ0n) is 11.8. The smallest absolute Gasteiger partial charge is 0.242 e. The maximum absolute atomic E-state index is 13.9. The Morgan fingerprint density at radius 3 is 2.48 bits per heavy atom. The second kappa shape index (κ2) is 6.49. The molecule has 4 nitrogen and oxygen atoms in total. The second-order valence-electron chi connectivity index (χ2n) is 4.85. The molecule has 1 atom stereocenters. The van der Waals surface area contributed by atoms with Crippen molar-refractivity contribution in [2.45, 2.75) is 12.6 Å². The van der Waals surface area contributed by atoms with Crippen LogP contribution in [-0.2, 0) is 11.3 Å². The number of furan rings is 1. The van der Waals surface area contributed by atoms with Crippen molar-refractivity contribution >= 4 is 5.91 Å². The lowest BCUT2D eigenvalue weighted by Crippen LogP contribution is -2.37. The predicted octanol–water partition coefficient (Wildman–Crippen LogP) is 2.48. The molecule has 1 N–H and O–H groups in total. The second-order valence-corrected chi connectivity index (χ2v) is 4.85. The fourth-order valence-electron chi connectivity index (χ4n) is 2.07. The van der Waals surface area contributed by atoms with Crippen LogP contribution in [0.25, 0.3) is 0 Å². The molecule has 0 saturated carbocycles. The number of halogens is 2. The van der Waals surface area contributed by atoms with Gasteiger partial charge in [0.25, 0.3) is 0 Å². The van der Waals surface area contributed by atoms with Gasteiger partial charge in [0.15, 0.2) is 0 Å². The first-order chi connectivity index (χ1) is 10.0. The third-order valence-electron chi connectivity index (χ3n) is 3.08. The van der Waals surface area contributed by atoms with E-state index in [1.807, 2.05) is 0 Å². The molecule has 0 spiro atoms. The highest BCUT2D eigenvalue weighted by molar-refractivity contribution is 5.83. The Morgan fingerprint density at radius 2 is 1.95 bits per heavy atom. The average Bonchev–Trinajstić information content (AvgIpc) is 2.93. The summed E-state index contributed by atoms with van der Waals surface area (Å²) in [7, 11) is 3.18. The normalized spacial score (nSPS) is 12.4. The van der Waals surface area contributed by atoms with Crippen LogP contribution in [0.5, 0.6) is 0 Å². The zero-order chi connectivity index (χ0) is 15.4. The molecule has 1 aromatic heterocycles. The van der Waals surface area contributed by atoms with Gasteiger partial charge in [-0.05, 0) is 32.3 Å². The molecule has 0 fully saturated rings. The standard InChI is InChI=1S/C15H16F2N2O2/c1-19(2)14(13-11(16)4-3-5-12(13)17)15(20)18-8-10-6-7-21-9-10/h3-7,9,14H,8H2,1-2H3,(H,18,20)/t14-/m0/s1. The molecule has 0 unspecified atom stereocenters. The minimum Gasteiger partial charge on any atom is -0.472 e. The van der Waals surface area contributed by atoms with Crippen molar-refractivity contribution in [1.82, 2.24) is 10.2 Å². The number of carbonyl (C=O) groups excluding carboxylic acids is 1. The molecular formula is C15H16F2N2O2. The molecule has 2 aromatic rings. The van der Waals surface area contributed by atoms with Crippen LogP contribution in [0.2, 0.25) is 0 Å². The van der Waals surface area contributed by atoms with Gasteiger partial charge in [0.1, 0.15) is 17.7 Å². The molecule has 6 heteroatoms. The molecule has 0 aliphatic rings. The molecule has 2 rings (SSSR count). The number of benzene rings is 1. The Hall–Kier alpha value is -2.21. The SMILES string of the molecule is CN(C)[C@H](C(=O)NCc1ccoc1)c1c(F)cccc1F. The fraction of sp³-hybridized carbons (Fsp3) is 0.267. The van der Waals surface area contributed by atoms with E-state index in [1.54, 1.807) is 20.2 Å².